The summed E-state index contributed by atoms with van der Waals surface area (Å²) in [5, 5.41) is 4.89. The van der Waals surface area contributed by atoms with Crippen LogP contribution in [-0.2, 0) is 16.1 Å². The lowest BCUT2D eigenvalue weighted by molar-refractivity contribution is -0.105. The summed E-state index contributed by atoms with van der Waals surface area (Å²) in [6, 6.07) is 8.26. The van der Waals surface area contributed by atoms with Gasteiger partial charge in [0.1, 0.15) is 0 Å². The van der Waals surface area contributed by atoms with Gasteiger partial charge in [-0.05, 0) is 35.6 Å². The van der Waals surface area contributed by atoms with E-state index in [9.17, 15) is 4.79 Å². The second-order valence-corrected chi connectivity index (χ2v) is 5.06. The zero-order valence-electron chi connectivity index (χ0n) is 12.3. The first kappa shape index (κ1) is 17.5. The summed E-state index contributed by atoms with van der Waals surface area (Å²) in [6.07, 6.45) is 2.76. The molecular weight excluding hydrogens is 284 g/mol. The Labute approximate surface area is 130 Å². The van der Waals surface area contributed by atoms with Gasteiger partial charge in [-0.25, -0.2) is 0 Å². The molecule has 0 spiro atoms. The maximum atomic E-state index is 10.3. The van der Waals surface area contributed by atoms with Crippen molar-refractivity contribution in [3.05, 3.63) is 53.1 Å². The quantitative estimate of drug-likeness (QED) is 0.285. The van der Waals surface area contributed by atoms with Crippen LogP contribution in [0.1, 0.15) is 18.1 Å². The summed E-state index contributed by atoms with van der Waals surface area (Å²) in [6.45, 7) is 8.32. The molecule has 1 aromatic carbocycles. The normalized spacial score (nSPS) is 10.7. The van der Waals surface area contributed by atoms with Crippen molar-refractivity contribution in [2.24, 2.45) is 0 Å². The number of carbonyl (C=O) groups is 1. The highest BCUT2D eigenvalue weighted by atomic mass is 32.2. The molecule has 0 saturated heterocycles. The minimum absolute atomic E-state index is 0.406. The summed E-state index contributed by atoms with van der Waals surface area (Å²) >= 11 is 1.51. The number of hydrogen-bond acceptors (Lipinski definition) is 5. The van der Waals surface area contributed by atoms with Crippen molar-refractivity contribution in [3.63, 3.8) is 0 Å². The van der Waals surface area contributed by atoms with Gasteiger partial charge < -0.3 is 10.1 Å². The molecule has 0 heterocycles. The average Bonchev–Trinajstić information content (AvgIpc) is 2.52. The van der Waals surface area contributed by atoms with Gasteiger partial charge in [-0.2, -0.15) is 0 Å². The molecular formula is C16H22N2O2S. The number of ether oxygens (including phenoxy) is 1. The Balaban J connectivity index is 2.23. The van der Waals surface area contributed by atoms with Crippen LogP contribution in [0.3, 0.4) is 0 Å². The fourth-order valence-corrected chi connectivity index (χ4v) is 2.08. The van der Waals surface area contributed by atoms with Crippen molar-refractivity contribution in [2.45, 2.75) is 13.5 Å². The topological polar surface area (TPSA) is 50.4 Å². The Bertz CT molecular complexity index is 475. The van der Waals surface area contributed by atoms with E-state index in [1.165, 1.54) is 17.5 Å². The number of nitrogens with one attached hydrogen (secondary N) is 2. The molecule has 0 fully saturated rings. The van der Waals surface area contributed by atoms with Gasteiger partial charge in [-0.3, -0.25) is 9.52 Å². The van der Waals surface area contributed by atoms with Crippen molar-refractivity contribution in [3.8, 4) is 0 Å². The molecule has 21 heavy (non-hydrogen) atoms. The molecule has 1 aromatic rings. The third kappa shape index (κ3) is 8.34. The first-order chi connectivity index (χ1) is 10.3. The number of aldehydes is 1. The minimum atomic E-state index is 0.406. The van der Waals surface area contributed by atoms with Crippen molar-refractivity contribution in [2.75, 3.05) is 19.7 Å². The average molecular weight is 306 g/mol. The van der Waals surface area contributed by atoms with Crippen LogP contribution in [0.4, 0.5) is 0 Å². The molecule has 0 aliphatic heterocycles. The third-order valence-electron chi connectivity index (χ3n) is 2.56. The molecule has 0 aliphatic carbocycles. The van der Waals surface area contributed by atoms with E-state index in [1.54, 1.807) is 0 Å². The van der Waals surface area contributed by atoms with Crippen LogP contribution in [0.5, 0.6) is 0 Å². The summed E-state index contributed by atoms with van der Waals surface area (Å²) in [5.41, 5.74) is 2.73. The molecule has 0 atom stereocenters. The Kier molecular flexibility index (Phi) is 9.28. The largest absolute Gasteiger partial charge is 0.382 e. The predicted octanol–water partition coefficient (Wildman–Crippen LogP) is 2.73. The van der Waals surface area contributed by atoms with E-state index in [4.69, 9.17) is 4.74 Å². The van der Waals surface area contributed by atoms with Gasteiger partial charge in [0.2, 0.25) is 0 Å². The van der Waals surface area contributed by atoms with Crippen molar-refractivity contribution in [1.29, 1.82) is 0 Å². The molecule has 0 aliphatic rings. The Morgan fingerprint density at radius 3 is 3.05 bits per heavy atom. The molecule has 0 bridgehead atoms. The van der Waals surface area contributed by atoms with E-state index in [0.29, 0.717) is 25.1 Å². The van der Waals surface area contributed by atoms with Gasteiger partial charge in [-0.15, -0.1) is 0 Å². The van der Waals surface area contributed by atoms with Crippen LogP contribution >= 0.6 is 11.9 Å². The molecule has 4 nitrogen and oxygen atoms in total. The molecule has 5 heteroatoms. The fraction of sp³-hybridized carbons (Fsp3) is 0.312. The second kappa shape index (κ2) is 11.1. The Morgan fingerprint density at radius 1 is 1.43 bits per heavy atom. The van der Waals surface area contributed by atoms with Crippen LogP contribution in [0.25, 0.3) is 6.08 Å². The maximum absolute atomic E-state index is 10.3. The van der Waals surface area contributed by atoms with Crippen LogP contribution in [0.15, 0.2) is 41.9 Å². The number of allylic oxidation sites excluding steroid dienone is 1. The zero-order chi connectivity index (χ0) is 15.3. The monoisotopic (exact) mass is 306 g/mol. The number of rotatable bonds is 11. The summed E-state index contributed by atoms with van der Waals surface area (Å²) in [7, 11) is 0. The van der Waals surface area contributed by atoms with E-state index in [1.807, 2.05) is 24.5 Å². The van der Waals surface area contributed by atoms with Crippen molar-refractivity contribution in [1.82, 2.24) is 10.0 Å². The Morgan fingerprint density at radius 2 is 2.29 bits per heavy atom. The SMILES string of the molecule is C=C(C=O)NCCNS/C=C/c1cccc(COCC)c1. The molecule has 2 N–H and O–H groups in total. The molecule has 114 valence electrons. The molecule has 1 rings (SSSR count). The molecule has 0 amide bonds. The lowest BCUT2D eigenvalue weighted by Crippen LogP contribution is -2.23. The van der Waals surface area contributed by atoms with Crippen LogP contribution < -0.4 is 10.0 Å². The zero-order valence-corrected chi connectivity index (χ0v) is 13.1. The summed E-state index contributed by atoms with van der Waals surface area (Å²) < 4.78 is 8.56. The number of benzene rings is 1. The highest BCUT2D eigenvalue weighted by Gasteiger charge is 1.93. The van der Waals surface area contributed by atoms with Gasteiger partial charge in [0.25, 0.3) is 0 Å². The van der Waals surface area contributed by atoms with Crippen molar-refractivity contribution < 1.29 is 9.53 Å². The Hall–Kier alpha value is -1.56. The molecule has 0 radical (unpaired) electrons. The van der Waals surface area contributed by atoms with Crippen LogP contribution in [0.2, 0.25) is 0 Å². The lowest BCUT2D eigenvalue weighted by atomic mass is 10.1. The summed E-state index contributed by atoms with van der Waals surface area (Å²) in [5.74, 6) is 0. The van der Waals surface area contributed by atoms with Crippen LogP contribution in [0, 0.1) is 0 Å². The van der Waals surface area contributed by atoms with Gasteiger partial charge in [0, 0.05) is 19.7 Å². The first-order valence-electron chi connectivity index (χ1n) is 6.86. The van der Waals surface area contributed by atoms with Gasteiger partial charge in [0.05, 0.1) is 12.3 Å². The van der Waals surface area contributed by atoms with Crippen LogP contribution in [-0.4, -0.2) is 26.0 Å². The molecule has 0 saturated carbocycles. The molecule has 0 aromatic heterocycles. The minimum Gasteiger partial charge on any atom is -0.382 e. The molecule has 0 unspecified atom stereocenters. The standard InChI is InChI=1S/C16H22N2O2S/c1-3-20-13-16-6-4-5-15(11-16)7-10-21-18-9-8-17-14(2)12-19/h4-7,10-12,17-18H,2-3,8-9,13H2,1H3/b10-7+. The van der Waals surface area contributed by atoms with E-state index < -0.39 is 0 Å². The summed E-state index contributed by atoms with van der Waals surface area (Å²) in [4.78, 5) is 10.3. The van der Waals surface area contributed by atoms with E-state index in [0.717, 1.165) is 18.7 Å². The van der Waals surface area contributed by atoms with Gasteiger partial charge in [-0.1, -0.05) is 36.7 Å². The second-order valence-electron chi connectivity index (χ2n) is 4.27. The smallest absolute Gasteiger partial charge is 0.165 e. The number of carbonyl (C=O) groups excluding carboxylic acids is 1. The fourth-order valence-electron chi connectivity index (χ4n) is 1.54. The maximum Gasteiger partial charge on any atom is 0.165 e. The van der Waals surface area contributed by atoms with Gasteiger partial charge in [0.15, 0.2) is 6.29 Å². The lowest BCUT2D eigenvalue weighted by Gasteiger charge is -2.04. The third-order valence-corrected chi connectivity index (χ3v) is 3.20. The first-order valence-corrected chi connectivity index (χ1v) is 7.74. The highest BCUT2D eigenvalue weighted by Crippen LogP contribution is 2.10. The van der Waals surface area contributed by atoms with Crippen molar-refractivity contribution >= 4 is 24.3 Å². The number of hydrogen-bond donors (Lipinski definition) is 2. The highest BCUT2D eigenvalue weighted by molar-refractivity contribution is 8.00. The van der Waals surface area contributed by atoms with E-state index in [2.05, 4.69) is 34.8 Å². The predicted molar refractivity (Wildman–Crippen MR) is 89.6 cm³/mol. The van der Waals surface area contributed by atoms with E-state index >= 15 is 0 Å². The van der Waals surface area contributed by atoms with E-state index in [-0.39, 0.29) is 0 Å². The van der Waals surface area contributed by atoms with Gasteiger partial charge >= 0.3 is 0 Å².